The third kappa shape index (κ3) is 2.22. The molecule has 1 aromatic rings. The molecule has 0 fully saturated rings. The number of nitrogens with zero attached hydrogens (tertiary/aromatic N) is 3. The van der Waals surface area contributed by atoms with Crippen molar-refractivity contribution in [2.75, 3.05) is 0 Å². The van der Waals surface area contributed by atoms with Crippen molar-refractivity contribution < 1.29 is 4.79 Å². The monoisotopic (exact) mass is 323 g/mol. The van der Waals surface area contributed by atoms with Crippen LogP contribution < -0.4 is 0 Å². The van der Waals surface area contributed by atoms with E-state index < -0.39 is 10.8 Å². The van der Waals surface area contributed by atoms with Gasteiger partial charge in [0, 0.05) is 22.4 Å². The quantitative estimate of drug-likeness (QED) is 0.731. The van der Waals surface area contributed by atoms with Crippen LogP contribution in [0.25, 0.3) is 0 Å². The zero-order chi connectivity index (χ0) is 17.9. The number of rotatable bonds is 0. The lowest BCUT2D eigenvalue weighted by molar-refractivity contribution is -0.128. The first kappa shape index (κ1) is 16.8. The number of Topliss-reactive ketones (excluding diaryl/α,β-unsaturated/α-hetero) is 1. The van der Waals surface area contributed by atoms with Crippen LogP contribution in [0.15, 0.2) is 17.8 Å². The van der Waals surface area contributed by atoms with Gasteiger partial charge >= 0.3 is 0 Å². The molecule has 24 heavy (non-hydrogen) atoms. The molecule has 0 radical (unpaired) electrons. The minimum Gasteiger partial charge on any atom is -0.293 e. The summed E-state index contributed by atoms with van der Waals surface area (Å²) in [5.74, 6) is 0.913. The molecule has 3 rings (SSSR count). The first-order valence-electron chi connectivity index (χ1n) is 8.56. The van der Waals surface area contributed by atoms with Crippen LogP contribution in [0.5, 0.6) is 0 Å². The molecule has 1 heterocycles. The molecule has 0 unspecified atom stereocenters. The molecule has 126 valence electrons. The van der Waals surface area contributed by atoms with Crippen molar-refractivity contribution in [2.24, 2.45) is 11.3 Å². The number of aryl methyl sites for hydroxylation is 1. The zero-order valence-electron chi connectivity index (χ0n) is 15.4. The Morgan fingerprint density at radius 1 is 1.29 bits per heavy atom. The number of hydrogen-bond acceptors (Lipinski definition) is 4. The summed E-state index contributed by atoms with van der Waals surface area (Å²) < 4.78 is 0. The van der Waals surface area contributed by atoms with Crippen LogP contribution in [0.2, 0.25) is 0 Å². The summed E-state index contributed by atoms with van der Waals surface area (Å²) in [6.07, 6.45) is 5.60. The minimum absolute atomic E-state index is 0.0407. The van der Waals surface area contributed by atoms with Gasteiger partial charge in [-0.3, -0.25) is 4.79 Å². The highest BCUT2D eigenvalue weighted by molar-refractivity contribution is 6.04. The van der Waals surface area contributed by atoms with E-state index in [0.29, 0.717) is 0 Å². The molecule has 4 heteroatoms. The second kappa shape index (κ2) is 4.99. The van der Waals surface area contributed by atoms with E-state index in [-0.39, 0.29) is 22.7 Å². The number of aromatic nitrogens is 2. The van der Waals surface area contributed by atoms with Gasteiger partial charge in [0.05, 0.1) is 11.3 Å². The van der Waals surface area contributed by atoms with Crippen molar-refractivity contribution in [1.82, 2.24) is 9.97 Å². The number of allylic oxidation sites excluding steroid dienone is 2. The number of fused-ring (bicyclic) bond motifs is 3. The van der Waals surface area contributed by atoms with Gasteiger partial charge in [0.15, 0.2) is 5.78 Å². The zero-order valence-corrected chi connectivity index (χ0v) is 15.4. The van der Waals surface area contributed by atoms with Crippen molar-refractivity contribution in [2.45, 2.75) is 65.2 Å². The number of ketones is 1. The Morgan fingerprint density at radius 2 is 1.96 bits per heavy atom. The van der Waals surface area contributed by atoms with E-state index >= 15 is 0 Å². The molecule has 0 amide bonds. The van der Waals surface area contributed by atoms with Crippen LogP contribution in [0, 0.1) is 22.7 Å². The number of hydrogen-bond donors (Lipinski definition) is 0. The predicted molar refractivity (Wildman–Crippen MR) is 92.4 cm³/mol. The Hall–Kier alpha value is -2.02. The maximum absolute atomic E-state index is 12.7. The molecule has 0 saturated carbocycles. The summed E-state index contributed by atoms with van der Waals surface area (Å²) in [4.78, 5) is 22.2. The van der Waals surface area contributed by atoms with Crippen LogP contribution in [0.1, 0.15) is 65.0 Å². The number of nitriles is 1. The smallest absolute Gasteiger partial charge is 0.178 e. The SMILES string of the molecule is CC(C)(C)c1ncc2c(n1)[C@@]1(C)C=C(C#N)C(=O)C(C)(C)[C@@H]1CC2. The van der Waals surface area contributed by atoms with Gasteiger partial charge < -0.3 is 0 Å². The molecule has 2 aliphatic carbocycles. The third-order valence-corrected chi connectivity index (χ3v) is 5.74. The molecule has 2 aliphatic rings. The van der Waals surface area contributed by atoms with Crippen LogP contribution in [-0.2, 0) is 22.0 Å². The van der Waals surface area contributed by atoms with E-state index in [2.05, 4.69) is 38.7 Å². The summed E-state index contributed by atoms with van der Waals surface area (Å²) >= 11 is 0. The Labute approximate surface area is 144 Å². The lowest BCUT2D eigenvalue weighted by Crippen LogP contribution is -2.51. The summed E-state index contributed by atoms with van der Waals surface area (Å²) in [7, 11) is 0. The van der Waals surface area contributed by atoms with Crippen LogP contribution in [-0.4, -0.2) is 15.8 Å². The standard InChI is InChI=1S/C20H25N3O/c1-18(2,3)17-22-11-12-7-8-14-19(4,5)16(24)13(10-21)9-20(14,6)15(12)23-17/h9,11,14H,7-8H2,1-6H3/t14-,20-/m0/s1. The van der Waals surface area contributed by atoms with Crippen molar-refractivity contribution in [3.8, 4) is 6.07 Å². The van der Waals surface area contributed by atoms with Gasteiger partial charge in [-0.05, 0) is 24.3 Å². The molecule has 0 aromatic carbocycles. The number of carbonyl (C=O) groups is 1. The summed E-state index contributed by atoms with van der Waals surface area (Å²) in [5, 5.41) is 9.46. The molecule has 2 atom stereocenters. The van der Waals surface area contributed by atoms with E-state index in [4.69, 9.17) is 4.98 Å². The molecule has 0 aliphatic heterocycles. The van der Waals surface area contributed by atoms with Crippen LogP contribution in [0.3, 0.4) is 0 Å². The van der Waals surface area contributed by atoms with Gasteiger partial charge in [-0.15, -0.1) is 0 Å². The average molecular weight is 323 g/mol. The van der Waals surface area contributed by atoms with E-state index in [0.717, 1.165) is 29.9 Å². The average Bonchev–Trinajstić information content (AvgIpc) is 2.50. The first-order chi connectivity index (χ1) is 11.0. The van der Waals surface area contributed by atoms with Gasteiger partial charge in [-0.2, -0.15) is 5.26 Å². The van der Waals surface area contributed by atoms with Gasteiger partial charge in [0.1, 0.15) is 11.9 Å². The second-order valence-electron chi connectivity index (χ2n) is 8.91. The van der Waals surface area contributed by atoms with Gasteiger partial charge in [0.25, 0.3) is 0 Å². The lowest BCUT2D eigenvalue weighted by Gasteiger charge is -2.50. The maximum Gasteiger partial charge on any atom is 0.178 e. The van der Waals surface area contributed by atoms with Crippen LogP contribution in [0.4, 0.5) is 0 Å². The first-order valence-corrected chi connectivity index (χ1v) is 8.56. The normalized spacial score (nSPS) is 28.5. The molecule has 0 bridgehead atoms. The summed E-state index contributed by atoms with van der Waals surface area (Å²) in [6.45, 7) is 12.4. The highest BCUT2D eigenvalue weighted by Crippen LogP contribution is 2.54. The molecular weight excluding hydrogens is 298 g/mol. The van der Waals surface area contributed by atoms with Crippen molar-refractivity contribution in [3.05, 3.63) is 34.9 Å². The Bertz CT molecular complexity index is 792. The fraction of sp³-hybridized carbons (Fsp3) is 0.600. The topological polar surface area (TPSA) is 66.6 Å². The van der Waals surface area contributed by atoms with Crippen molar-refractivity contribution in [1.29, 1.82) is 5.26 Å². The Morgan fingerprint density at radius 3 is 2.54 bits per heavy atom. The van der Waals surface area contributed by atoms with Gasteiger partial charge in [0.2, 0.25) is 0 Å². The van der Waals surface area contributed by atoms with Crippen LogP contribution >= 0.6 is 0 Å². The molecule has 0 N–H and O–H groups in total. The second-order valence-corrected chi connectivity index (χ2v) is 8.91. The van der Waals surface area contributed by atoms with E-state index in [1.165, 1.54) is 0 Å². The fourth-order valence-electron chi connectivity index (χ4n) is 4.42. The number of carbonyl (C=O) groups excluding carboxylic acids is 1. The van der Waals surface area contributed by atoms with E-state index in [1.807, 2.05) is 26.1 Å². The van der Waals surface area contributed by atoms with E-state index in [9.17, 15) is 10.1 Å². The van der Waals surface area contributed by atoms with Gasteiger partial charge in [-0.25, -0.2) is 9.97 Å². The van der Waals surface area contributed by atoms with E-state index in [1.54, 1.807) is 0 Å². The minimum atomic E-state index is -0.556. The summed E-state index contributed by atoms with van der Waals surface area (Å²) in [6, 6.07) is 2.11. The summed E-state index contributed by atoms with van der Waals surface area (Å²) in [5.41, 5.74) is 1.30. The largest absolute Gasteiger partial charge is 0.293 e. The third-order valence-electron chi connectivity index (χ3n) is 5.74. The van der Waals surface area contributed by atoms with Gasteiger partial charge in [-0.1, -0.05) is 47.6 Å². The van der Waals surface area contributed by atoms with Crippen molar-refractivity contribution in [3.63, 3.8) is 0 Å². The molecule has 0 spiro atoms. The lowest BCUT2D eigenvalue weighted by atomic mass is 9.52. The highest BCUT2D eigenvalue weighted by atomic mass is 16.1. The highest BCUT2D eigenvalue weighted by Gasteiger charge is 2.54. The predicted octanol–water partition coefficient (Wildman–Crippen LogP) is 3.65. The van der Waals surface area contributed by atoms with Crippen molar-refractivity contribution >= 4 is 5.78 Å². The molecule has 4 nitrogen and oxygen atoms in total. The molecule has 1 aromatic heterocycles. The molecular formula is C20H25N3O. The maximum atomic E-state index is 12.7. The Balaban J connectivity index is 2.27. The Kier molecular flexibility index (Phi) is 3.50. The molecule has 0 saturated heterocycles. The fourth-order valence-corrected chi connectivity index (χ4v) is 4.42.